The van der Waals surface area contributed by atoms with Crippen molar-refractivity contribution in [2.24, 2.45) is 11.5 Å². The number of amides is 3. The molecular formula is C22H25N5O5. The fourth-order valence-electron chi connectivity index (χ4n) is 3.40. The molecule has 0 radical (unpaired) electrons. The van der Waals surface area contributed by atoms with Crippen LogP contribution < -0.4 is 21.7 Å². The number of para-hydroxylation sites is 1. The number of benzene rings is 2. The van der Waals surface area contributed by atoms with Gasteiger partial charge in [0, 0.05) is 29.9 Å². The number of rotatable bonds is 8. The number of nitrogens with zero attached hydrogens (tertiary/aromatic N) is 1. The van der Waals surface area contributed by atoms with E-state index in [4.69, 9.17) is 21.6 Å². The molecule has 1 fully saturated rings. The lowest BCUT2D eigenvalue weighted by Crippen LogP contribution is -2.55. The van der Waals surface area contributed by atoms with E-state index < -0.39 is 29.9 Å². The van der Waals surface area contributed by atoms with E-state index in [2.05, 4.69) is 5.32 Å². The Morgan fingerprint density at radius 1 is 1.19 bits per heavy atom. The van der Waals surface area contributed by atoms with Gasteiger partial charge in [0.15, 0.2) is 12.2 Å². The lowest BCUT2D eigenvalue weighted by Gasteiger charge is -2.35. The topological polar surface area (TPSA) is 172 Å². The Morgan fingerprint density at radius 2 is 1.88 bits per heavy atom. The van der Waals surface area contributed by atoms with Crippen molar-refractivity contribution in [1.82, 2.24) is 0 Å². The number of amidine groups is 1. The van der Waals surface area contributed by atoms with E-state index in [-0.39, 0.29) is 25.4 Å². The minimum atomic E-state index is -1.74. The summed E-state index contributed by atoms with van der Waals surface area (Å²) in [5.41, 5.74) is 12.8. The third-order valence-corrected chi connectivity index (χ3v) is 5.06. The third-order valence-electron chi connectivity index (χ3n) is 5.06. The number of nitrogens with one attached hydrogen (secondary N) is 2. The number of aryl methyl sites for hydroxylation is 1. The second-order valence-corrected chi connectivity index (χ2v) is 7.30. The van der Waals surface area contributed by atoms with Crippen LogP contribution in [0, 0.1) is 5.41 Å². The van der Waals surface area contributed by atoms with Gasteiger partial charge >= 0.3 is 0 Å². The van der Waals surface area contributed by atoms with Crippen molar-refractivity contribution in [3.8, 4) is 0 Å². The summed E-state index contributed by atoms with van der Waals surface area (Å²) in [7, 11) is 0. The maximum absolute atomic E-state index is 13.1. The monoisotopic (exact) mass is 439 g/mol. The SMILES string of the molecule is N=C(N)c1ccc(NC(=O)[C@H](O)[C@H]2OCCN(c3ccccc3CCC(N)=O)C2=O)cc1. The van der Waals surface area contributed by atoms with E-state index in [1.807, 2.05) is 0 Å². The van der Waals surface area contributed by atoms with Crippen LogP contribution in [0.1, 0.15) is 17.5 Å². The molecule has 10 nitrogen and oxygen atoms in total. The number of anilines is 2. The first-order chi connectivity index (χ1) is 15.3. The van der Waals surface area contributed by atoms with Gasteiger partial charge in [-0.25, -0.2) is 0 Å². The van der Waals surface area contributed by atoms with Crippen LogP contribution in [0.25, 0.3) is 0 Å². The number of nitrogen functional groups attached to an aromatic ring is 1. The second-order valence-electron chi connectivity index (χ2n) is 7.30. The van der Waals surface area contributed by atoms with Crippen molar-refractivity contribution in [2.75, 3.05) is 23.4 Å². The molecule has 3 rings (SSSR count). The number of ether oxygens (including phenoxy) is 1. The van der Waals surface area contributed by atoms with Crippen molar-refractivity contribution >= 4 is 34.9 Å². The van der Waals surface area contributed by atoms with Crippen LogP contribution in [0.5, 0.6) is 0 Å². The van der Waals surface area contributed by atoms with Gasteiger partial charge in [-0.3, -0.25) is 19.8 Å². The quantitative estimate of drug-likeness (QED) is 0.289. The standard InChI is InChI=1S/C22H25N5O5/c23-17(28)10-7-13-3-1-2-4-16(13)27-11-12-32-19(22(27)31)18(29)21(30)26-15-8-5-14(6-9-15)20(24)25/h1-6,8-9,18-19,29H,7,10-12H2,(H2,23,28)(H3,24,25)(H,26,30)/t18-,19-/m1/s1. The van der Waals surface area contributed by atoms with Crippen molar-refractivity contribution in [3.63, 3.8) is 0 Å². The summed E-state index contributed by atoms with van der Waals surface area (Å²) < 4.78 is 5.43. The molecule has 2 atom stereocenters. The highest BCUT2D eigenvalue weighted by Gasteiger charge is 2.39. The fourth-order valence-corrected chi connectivity index (χ4v) is 3.40. The zero-order valence-electron chi connectivity index (χ0n) is 17.3. The summed E-state index contributed by atoms with van der Waals surface area (Å²) >= 11 is 0. The summed E-state index contributed by atoms with van der Waals surface area (Å²) in [4.78, 5) is 38.2. The van der Waals surface area contributed by atoms with Crippen molar-refractivity contribution in [3.05, 3.63) is 59.7 Å². The largest absolute Gasteiger partial charge is 0.384 e. The molecule has 1 saturated heterocycles. The Balaban J connectivity index is 1.72. The maximum atomic E-state index is 13.1. The molecule has 7 N–H and O–H groups in total. The number of aliphatic hydroxyl groups excluding tert-OH is 1. The number of aliphatic hydroxyl groups is 1. The van der Waals surface area contributed by atoms with Crippen LogP contribution in [0.2, 0.25) is 0 Å². The summed E-state index contributed by atoms with van der Waals surface area (Å²) in [6, 6.07) is 13.3. The van der Waals surface area contributed by atoms with Crippen LogP contribution in [-0.4, -0.2) is 54.0 Å². The highest BCUT2D eigenvalue weighted by atomic mass is 16.5. The highest BCUT2D eigenvalue weighted by Crippen LogP contribution is 2.26. The van der Waals surface area contributed by atoms with Gasteiger partial charge in [0.25, 0.3) is 11.8 Å². The van der Waals surface area contributed by atoms with E-state index >= 15 is 0 Å². The maximum Gasteiger partial charge on any atom is 0.259 e. The molecule has 2 aromatic carbocycles. The van der Waals surface area contributed by atoms with E-state index in [1.54, 1.807) is 36.4 Å². The zero-order chi connectivity index (χ0) is 23.3. The Morgan fingerprint density at radius 3 is 2.53 bits per heavy atom. The Labute approximate surface area is 184 Å². The Kier molecular flexibility index (Phi) is 7.18. The number of carbonyl (C=O) groups excluding carboxylic acids is 3. The lowest BCUT2D eigenvalue weighted by molar-refractivity contribution is -0.150. The average Bonchev–Trinajstić information content (AvgIpc) is 2.78. The smallest absolute Gasteiger partial charge is 0.259 e. The predicted molar refractivity (Wildman–Crippen MR) is 118 cm³/mol. The number of hydrogen-bond donors (Lipinski definition) is 5. The molecule has 0 bridgehead atoms. The summed E-state index contributed by atoms with van der Waals surface area (Å²) in [6.07, 6.45) is -2.63. The zero-order valence-corrected chi connectivity index (χ0v) is 17.3. The molecule has 2 aromatic rings. The average molecular weight is 439 g/mol. The third kappa shape index (κ3) is 5.29. The summed E-state index contributed by atoms with van der Waals surface area (Å²) in [5.74, 6) is -1.92. The Hall–Kier alpha value is -3.76. The van der Waals surface area contributed by atoms with Gasteiger partial charge in [0.2, 0.25) is 5.91 Å². The number of primary amides is 1. The van der Waals surface area contributed by atoms with Crippen LogP contribution in [0.4, 0.5) is 11.4 Å². The molecule has 0 aliphatic carbocycles. The molecule has 1 aliphatic rings. The van der Waals surface area contributed by atoms with Crippen molar-refractivity contribution < 1.29 is 24.2 Å². The van der Waals surface area contributed by atoms with Crippen LogP contribution in [0.15, 0.2) is 48.5 Å². The molecule has 1 heterocycles. The predicted octanol–water partition coefficient (Wildman–Crippen LogP) is 0.120. The van der Waals surface area contributed by atoms with E-state index in [9.17, 15) is 19.5 Å². The number of carbonyl (C=O) groups is 3. The van der Waals surface area contributed by atoms with E-state index in [0.29, 0.717) is 23.4 Å². The summed E-state index contributed by atoms with van der Waals surface area (Å²) in [5, 5.41) is 20.4. The highest BCUT2D eigenvalue weighted by molar-refractivity contribution is 6.04. The van der Waals surface area contributed by atoms with Gasteiger partial charge in [0.05, 0.1) is 6.61 Å². The fraction of sp³-hybridized carbons (Fsp3) is 0.273. The van der Waals surface area contributed by atoms with Crippen LogP contribution >= 0.6 is 0 Å². The van der Waals surface area contributed by atoms with Crippen molar-refractivity contribution in [1.29, 1.82) is 5.41 Å². The van der Waals surface area contributed by atoms with E-state index in [0.717, 1.165) is 5.56 Å². The molecule has 0 unspecified atom stereocenters. The van der Waals surface area contributed by atoms with Gasteiger partial charge in [-0.15, -0.1) is 0 Å². The molecule has 3 amide bonds. The number of hydrogen-bond acceptors (Lipinski definition) is 6. The molecule has 0 saturated carbocycles. The van der Waals surface area contributed by atoms with Gasteiger partial charge in [-0.1, -0.05) is 18.2 Å². The lowest BCUT2D eigenvalue weighted by atomic mass is 10.0. The summed E-state index contributed by atoms with van der Waals surface area (Å²) in [6.45, 7) is 0.363. The first-order valence-corrected chi connectivity index (χ1v) is 10.0. The van der Waals surface area contributed by atoms with Crippen molar-refractivity contribution in [2.45, 2.75) is 25.0 Å². The molecule has 168 valence electrons. The normalized spacial score (nSPS) is 17.0. The number of nitrogens with two attached hydrogens (primary N) is 2. The first-order valence-electron chi connectivity index (χ1n) is 10.0. The van der Waals surface area contributed by atoms with E-state index in [1.165, 1.54) is 17.0 Å². The van der Waals surface area contributed by atoms with Crippen LogP contribution in [-0.2, 0) is 25.5 Å². The second kappa shape index (κ2) is 10.0. The number of morpholine rings is 1. The van der Waals surface area contributed by atoms with Gasteiger partial charge in [0.1, 0.15) is 5.84 Å². The minimum Gasteiger partial charge on any atom is -0.384 e. The Bertz CT molecular complexity index is 1020. The van der Waals surface area contributed by atoms with Gasteiger partial charge in [-0.05, 0) is 42.3 Å². The van der Waals surface area contributed by atoms with Gasteiger partial charge < -0.3 is 31.5 Å². The molecule has 32 heavy (non-hydrogen) atoms. The van der Waals surface area contributed by atoms with Gasteiger partial charge in [-0.2, -0.15) is 0 Å². The molecule has 10 heteroatoms. The molecule has 1 aliphatic heterocycles. The van der Waals surface area contributed by atoms with Crippen LogP contribution in [0.3, 0.4) is 0 Å². The minimum absolute atomic E-state index is 0.111. The molecular weight excluding hydrogens is 414 g/mol. The first kappa shape index (κ1) is 22.9. The molecule has 0 aromatic heterocycles. The molecule has 0 spiro atoms.